The lowest BCUT2D eigenvalue weighted by Crippen LogP contribution is -2.47. The molecule has 0 aromatic heterocycles. The SMILES string of the molecule is OC1CNC(CN2CCCC3CCCC32)C1. The van der Waals surface area contributed by atoms with Crippen molar-refractivity contribution in [1.82, 2.24) is 10.2 Å². The van der Waals surface area contributed by atoms with Crippen LogP contribution in [0.4, 0.5) is 0 Å². The number of aliphatic hydroxyl groups excluding tert-OH is 1. The summed E-state index contributed by atoms with van der Waals surface area (Å²) in [6, 6.07) is 1.41. The quantitative estimate of drug-likeness (QED) is 0.734. The molecule has 0 amide bonds. The van der Waals surface area contributed by atoms with Gasteiger partial charge >= 0.3 is 0 Å². The molecule has 2 heterocycles. The van der Waals surface area contributed by atoms with E-state index < -0.39 is 0 Å². The Kier molecular flexibility index (Phi) is 3.18. The van der Waals surface area contributed by atoms with E-state index in [0.717, 1.165) is 31.5 Å². The summed E-state index contributed by atoms with van der Waals surface area (Å²) in [4.78, 5) is 2.71. The number of piperidine rings is 1. The number of aliphatic hydroxyl groups is 1. The van der Waals surface area contributed by atoms with Gasteiger partial charge in [0.25, 0.3) is 0 Å². The summed E-state index contributed by atoms with van der Waals surface area (Å²) in [5.74, 6) is 0.986. The van der Waals surface area contributed by atoms with E-state index in [1.165, 1.54) is 38.6 Å². The monoisotopic (exact) mass is 224 g/mol. The molecular weight excluding hydrogens is 200 g/mol. The summed E-state index contributed by atoms with van der Waals surface area (Å²) in [7, 11) is 0. The van der Waals surface area contributed by atoms with Crippen LogP contribution in [-0.4, -0.2) is 47.8 Å². The summed E-state index contributed by atoms with van der Waals surface area (Å²) >= 11 is 0. The Morgan fingerprint density at radius 1 is 1.19 bits per heavy atom. The van der Waals surface area contributed by atoms with Gasteiger partial charge in [0.05, 0.1) is 6.10 Å². The van der Waals surface area contributed by atoms with Crippen molar-refractivity contribution in [3.63, 3.8) is 0 Å². The van der Waals surface area contributed by atoms with E-state index in [-0.39, 0.29) is 6.10 Å². The average molecular weight is 224 g/mol. The first-order valence-electron chi connectivity index (χ1n) is 6.98. The fraction of sp³-hybridized carbons (Fsp3) is 1.00. The number of hydrogen-bond donors (Lipinski definition) is 2. The van der Waals surface area contributed by atoms with Gasteiger partial charge in [0.2, 0.25) is 0 Å². The van der Waals surface area contributed by atoms with Crippen molar-refractivity contribution in [3.8, 4) is 0 Å². The van der Waals surface area contributed by atoms with Crippen molar-refractivity contribution in [2.24, 2.45) is 5.92 Å². The molecule has 1 aliphatic carbocycles. The molecule has 3 rings (SSSR count). The first-order chi connectivity index (χ1) is 7.83. The number of rotatable bonds is 2. The molecule has 4 atom stereocenters. The maximum Gasteiger partial charge on any atom is 0.0680 e. The third-order valence-electron chi connectivity index (χ3n) is 4.76. The standard InChI is InChI=1S/C13H24N2O/c16-12-7-11(14-8-12)9-15-6-2-4-10-3-1-5-13(10)15/h10-14,16H,1-9H2. The van der Waals surface area contributed by atoms with Gasteiger partial charge in [-0.05, 0) is 44.6 Å². The second-order valence-electron chi connectivity index (χ2n) is 5.89. The predicted molar refractivity (Wildman–Crippen MR) is 64.4 cm³/mol. The van der Waals surface area contributed by atoms with Crippen LogP contribution in [0.5, 0.6) is 0 Å². The lowest BCUT2D eigenvalue weighted by molar-refractivity contribution is 0.101. The predicted octanol–water partition coefficient (Wildman–Crippen LogP) is 0.974. The van der Waals surface area contributed by atoms with Crippen LogP contribution in [0.1, 0.15) is 38.5 Å². The summed E-state index contributed by atoms with van der Waals surface area (Å²) in [5.41, 5.74) is 0. The normalized spacial score (nSPS) is 44.8. The van der Waals surface area contributed by atoms with Crippen LogP contribution in [-0.2, 0) is 0 Å². The van der Waals surface area contributed by atoms with Crippen molar-refractivity contribution >= 4 is 0 Å². The molecule has 3 nitrogen and oxygen atoms in total. The van der Waals surface area contributed by atoms with Gasteiger partial charge in [-0.25, -0.2) is 0 Å². The van der Waals surface area contributed by atoms with E-state index in [0.29, 0.717) is 6.04 Å². The Labute approximate surface area is 98.2 Å². The van der Waals surface area contributed by atoms with Gasteiger partial charge in [0, 0.05) is 25.2 Å². The van der Waals surface area contributed by atoms with Crippen molar-refractivity contribution in [2.45, 2.75) is 56.7 Å². The fourth-order valence-corrected chi connectivity index (χ4v) is 4.00. The number of nitrogens with zero attached hydrogens (tertiary/aromatic N) is 1. The maximum absolute atomic E-state index is 9.54. The smallest absolute Gasteiger partial charge is 0.0680 e. The molecule has 0 aromatic carbocycles. The third kappa shape index (κ3) is 2.13. The number of likely N-dealkylation sites (tertiary alicyclic amines) is 1. The maximum atomic E-state index is 9.54. The Bertz CT molecular complexity index is 246. The Morgan fingerprint density at radius 2 is 2.06 bits per heavy atom. The highest BCUT2D eigenvalue weighted by Crippen LogP contribution is 2.36. The molecule has 4 unspecified atom stereocenters. The van der Waals surface area contributed by atoms with Crippen molar-refractivity contribution in [3.05, 3.63) is 0 Å². The largest absolute Gasteiger partial charge is 0.392 e. The third-order valence-corrected chi connectivity index (χ3v) is 4.76. The first-order valence-corrected chi connectivity index (χ1v) is 6.98. The van der Waals surface area contributed by atoms with Crippen LogP contribution < -0.4 is 5.32 Å². The second kappa shape index (κ2) is 4.63. The molecule has 92 valence electrons. The minimum Gasteiger partial charge on any atom is -0.392 e. The van der Waals surface area contributed by atoms with Crippen molar-refractivity contribution < 1.29 is 5.11 Å². The molecule has 3 aliphatic rings. The molecule has 2 N–H and O–H groups in total. The highest BCUT2D eigenvalue weighted by Gasteiger charge is 2.36. The molecular formula is C13H24N2O. The minimum atomic E-state index is -0.103. The van der Waals surface area contributed by atoms with Crippen LogP contribution in [0, 0.1) is 5.92 Å². The molecule has 0 aromatic rings. The van der Waals surface area contributed by atoms with Crippen molar-refractivity contribution in [2.75, 3.05) is 19.6 Å². The topological polar surface area (TPSA) is 35.5 Å². The molecule has 2 saturated heterocycles. The zero-order chi connectivity index (χ0) is 11.0. The van der Waals surface area contributed by atoms with E-state index in [1.807, 2.05) is 0 Å². The minimum absolute atomic E-state index is 0.103. The van der Waals surface area contributed by atoms with E-state index in [2.05, 4.69) is 10.2 Å². The van der Waals surface area contributed by atoms with Gasteiger partial charge in [0.1, 0.15) is 0 Å². The van der Waals surface area contributed by atoms with Gasteiger partial charge < -0.3 is 10.4 Å². The lowest BCUT2D eigenvalue weighted by atomic mass is 9.91. The molecule has 16 heavy (non-hydrogen) atoms. The van der Waals surface area contributed by atoms with Gasteiger partial charge in [-0.2, -0.15) is 0 Å². The highest BCUT2D eigenvalue weighted by atomic mass is 16.3. The molecule has 0 spiro atoms. The van der Waals surface area contributed by atoms with Crippen LogP contribution >= 0.6 is 0 Å². The summed E-state index contributed by atoms with van der Waals surface area (Å²) in [6.45, 7) is 3.25. The Hall–Kier alpha value is -0.120. The zero-order valence-electron chi connectivity index (χ0n) is 10.1. The van der Waals surface area contributed by atoms with Crippen LogP contribution in [0.25, 0.3) is 0 Å². The summed E-state index contributed by atoms with van der Waals surface area (Å²) < 4.78 is 0. The molecule has 3 heteroatoms. The Balaban J connectivity index is 1.57. The van der Waals surface area contributed by atoms with Gasteiger partial charge in [0.15, 0.2) is 0 Å². The molecule has 0 radical (unpaired) electrons. The number of fused-ring (bicyclic) bond motifs is 1. The molecule has 0 bridgehead atoms. The number of β-amino-alcohol motifs (C(OH)–C–C–N with tert-alkyl or cyclic N) is 1. The molecule has 3 fully saturated rings. The average Bonchev–Trinajstić information content (AvgIpc) is 2.87. The van der Waals surface area contributed by atoms with Gasteiger partial charge in [-0.15, -0.1) is 0 Å². The lowest BCUT2D eigenvalue weighted by Gasteiger charge is -2.39. The number of hydrogen-bond acceptors (Lipinski definition) is 3. The van der Waals surface area contributed by atoms with Crippen molar-refractivity contribution in [1.29, 1.82) is 0 Å². The van der Waals surface area contributed by atoms with Crippen LogP contribution in [0.3, 0.4) is 0 Å². The molecule has 2 aliphatic heterocycles. The number of nitrogens with one attached hydrogen (secondary N) is 1. The van der Waals surface area contributed by atoms with Crippen LogP contribution in [0.15, 0.2) is 0 Å². The van der Waals surface area contributed by atoms with Crippen LogP contribution in [0.2, 0.25) is 0 Å². The summed E-state index contributed by atoms with van der Waals surface area (Å²) in [6.07, 6.45) is 8.01. The van der Waals surface area contributed by atoms with E-state index in [9.17, 15) is 5.11 Å². The fourth-order valence-electron chi connectivity index (χ4n) is 4.00. The first kappa shape index (κ1) is 11.0. The Morgan fingerprint density at radius 3 is 2.88 bits per heavy atom. The van der Waals surface area contributed by atoms with Gasteiger partial charge in [-0.1, -0.05) is 6.42 Å². The highest BCUT2D eigenvalue weighted by molar-refractivity contribution is 4.92. The second-order valence-corrected chi connectivity index (χ2v) is 5.89. The molecule has 1 saturated carbocycles. The van der Waals surface area contributed by atoms with E-state index >= 15 is 0 Å². The summed E-state index contributed by atoms with van der Waals surface area (Å²) in [5, 5.41) is 13.0. The van der Waals surface area contributed by atoms with E-state index in [1.54, 1.807) is 0 Å². The zero-order valence-corrected chi connectivity index (χ0v) is 10.1. The van der Waals surface area contributed by atoms with E-state index in [4.69, 9.17) is 0 Å². The van der Waals surface area contributed by atoms with Gasteiger partial charge in [-0.3, -0.25) is 4.90 Å².